The fraction of sp³-hybridized carbons (Fsp3) is 0.105. The molecule has 27 heavy (non-hydrogen) atoms. The van der Waals surface area contributed by atoms with Gasteiger partial charge in [0.1, 0.15) is 0 Å². The molecule has 0 atom stereocenters. The molecule has 0 saturated carbocycles. The number of hydrogen-bond donors (Lipinski definition) is 1. The number of amides is 1. The molecule has 1 aromatic heterocycles. The van der Waals surface area contributed by atoms with Crippen LogP contribution in [0.4, 0.5) is 5.69 Å². The van der Waals surface area contributed by atoms with Crippen LogP contribution in [-0.2, 0) is 9.53 Å². The van der Waals surface area contributed by atoms with Crippen molar-refractivity contribution in [1.29, 1.82) is 0 Å². The van der Waals surface area contributed by atoms with E-state index in [0.29, 0.717) is 16.4 Å². The molecule has 2 aromatic carbocycles. The van der Waals surface area contributed by atoms with Gasteiger partial charge in [0.15, 0.2) is 5.16 Å². The number of nitrogens with one attached hydrogen (secondary N) is 1. The minimum Gasteiger partial charge on any atom is -0.465 e. The molecule has 0 aliphatic rings. The van der Waals surface area contributed by atoms with Crippen molar-refractivity contribution in [3.05, 3.63) is 71.0 Å². The Kier molecular flexibility index (Phi) is 6.31. The van der Waals surface area contributed by atoms with E-state index in [1.54, 1.807) is 30.5 Å². The Morgan fingerprint density at radius 2 is 1.93 bits per heavy atom. The summed E-state index contributed by atoms with van der Waals surface area (Å²) in [6.07, 6.45) is 3.53. The molecule has 1 amide bonds. The molecule has 0 fully saturated rings. The third-order valence-electron chi connectivity index (χ3n) is 3.65. The van der Waals surface area contributed by atoms with Gasteiger partial charge in [0.2, 0.25) is 5.91 Å². The van der Waals surface area contributed by atoms with Crippen molar-refractivity contribution >= 4 is 45.3 Å². The minimum absolute atomic E-state index is 0.156. The van der Waals surface area contributed by atoms with E-state index >= 15 is 0 Å². The number of hydrogen-bond acceptors (Lipinski definition) is 5. The van der Waals surface area contributed by atoms with E-state index in [4.69, 9.17) is 4.74 Å². The van der Waals surface area contributed by atoms with Gasteiger partial charge < -0.3 is 10.1 Å². The van der Waals surface area contributed by atoms with Gasteiger partial charge in [0.05, 0.1) is 24.1 Å². The van der Waals surface area contributed by atoms with Crippen LogP contribution in [0.25, 0.3) is 5.69 Å². The first-order valence-electron chi connectivity index (χ1n) is 7.98. The monoisotopic (exact) mass is 445 g/mol. The molecule has 3 aromatic rings. The quantitative estimate of drug-likeness (QED) is 0.455. The van der Waals surface area contributed by atoms with Crippen LogP contribution in [-0.4, -0.2) is 34.3 Å². The van der Waals surface area contributed by atoms with Crippen molar-refractivity contribution in [3.63, 3.8) is 0 Å². The SMILES string of the molecule is COC(=O)c1ccccc1NC(=O)CSc1nccn1-c1ccc(Br)cc1. The van der Waals surface area contributed by atoms with Crippen LogP contribution >= 0.6 is 27.7 Å². The highest BCUT2D eigenvalue weighted by atomic mass is 79.9. The van der Waals surface area contributed by atoms with Crippen LogP contribution < -0.4 is 5.32 Å². The summed E-state index contributed by atoms with van der Waals surface area (Å²) in [5, 5.41) is 3.45. The molecule has 1 heterocycles. The predicted molar refractivity (Wildman–Crippen MR) is 108 cm³/mol. The first kappa shape index (κ1) is 19.2. The third kappa shape index (κ3) is 4.78. The van der Waals surface area contributed by atoms with Gasteiger partial charge in [-0.3, -0.25) is 9.36 Å². The molecular weight excluding hydrogens is 430 g/mol. The molecule has 8 heteroatoms. The van der Waals surface area contributed by atoms with E-state index in [2.05, 4.69) is 26.2 Å². The van der Waals surface area contributed by atoms with Crippen molar-refractivity contribution in [1.82, 2.24) is 9.55 Å². The second kappa shape index (κ2) is 8.88. The van der Waals surface area contributed by atoms with Crippen molar-refractivity contribution in [2.24, 2.45) is 0 Å². The Morgan fingerprint density at radius 1 is 1.19 bits per heavy atom. The number of anilines is 1. The zero-order valence-electron chi connectivity index (χ0n) is 14.4. The number of methoxy groups -OCH3 is 1. The van der Waals surface area contributed by atoms with Gasteiger partial charge in [-0.05, 0) is 36.4 Å². The molecule has 0 aliphatic heterocycles. The first-order chi connectivity index (χ1) is 13.1. The number of nitrogens with zero attached hydrogens (tertiary/aromatic N) is 2. The molecule has 0 spiro atoms. The summed E-state index contributed by atoms with van der Waals surface area (Å²) in [6, 6.07) is 14.5. The number of esters is 1. The summed E-state index contributed by atoms with van der Waals surface area (Å²) in [5.74, 6) is -0.575. The van der Waals surface area contributed by atoms with Crippen molar-refractivity contribution in [2.75, 3.05) is 18.2 Å². The largest absolute Gasteiger partial charge is 0.465 e. The first-order valence-corrected chi connectivity index (χ1v) is 9.75. The number of rotatable bonds is 6. The number of carbonyl (C=O) groups is 2. The smallest absolute Gasteiger partial charge is 0.339 e. The lowest BCUT2D eigenvalue weighted by Crippen LogP contribution is -2.17. The normalized spacial score (nSPS) is 10.4. The lowest BCUT2D eigenvalue weighted by Gasteiger charge is -2.10. The maximum atomic E-state index is 12.3. The van der Waals surface area contributed by atoms with Crippen molar-refractivity contribution in [3.8, 4) is 5.69 Å². The molecule has 1 N–H and O–H groups in total. The maximum Gasteiger partial charge on any atom is 0.339 e. The van der Waals surface area contributed by atoms with Gasteiger partial charge in [0, 0.05) is 22.6 Å². The molecule has 138 valence electrons. The summed E-state index contributed by atoms with van der Waals surface area (Å²) in [6.45, 7) is 0. The van der Waals surface area contributed by atoms with Gasteiger partial charge in [-0.2, -0.15) is 0 Å². The highest BCUT2D eigenvalue weighted by Crippen LogP contribution is 2.23. The lowest BCUT2D eigenvalue weighted by molar-refractivity contribution is -0.113. The maximum absolute atomic E-state index is 12.3. The predicted octanol–water partition coefficient (Wildman–Crippen LogP) is 4.15. The number of halogens is 1. The topological polar surface area (TPSA) is 73.2 Å². The van der Waals surface area contributed by atoms with Gasteiger partial charge in [0.25, 0.3) is 0 Å². The molecule has 6 nitrogen and oxygen atoms in total. The van der Waals surface area contributed by atoms with Gasteiger partial charge in [-0.15, -0.1) is 0 Å². The van der Waals surface area contributed by atoms with E-state index in [9.17, 15) is 9.59 Å². The molecule has 3 rings (SSSR count). The second-order valence-electron chi connectivity index (χ2n) is 5.43. The fourth-order valence-electron chi connectivity index (χ4n) is 2.39. The van der Waals surface area contributed by atoms with Crippen LogP contribution in [0.15, 0.2) is 70.6 Å². The van der Waals surface area contributed by atoms with E-state index in [1.807, 2.05) is 35.0 Å². The summed E-state index contributed by atoms with van der Waals surface area (Å²) in [7, 11) is 1.30. The van der Waals surface area contributed by atoms with Crippen LogP contribution in [0.3, 0.4) is 0 Å². The molecule has 0 saturated heterocycles. The highest BCUT2D eigenvalue weighted by molar-refractivity contribution is 9.10. The molecule has 0 bridgehead atoms. The number of para-hydroxylation sites is 1. The van der Waals surface area contributed by atoms with E-state index < -0.39 is 5.97 Å². The third-order valence-corrected chi connectivity index (χ3v) is 5.15. The standard InChI is InChI=1S/C19H16BrN3O3S/c1-26-18(25)15-4-2-3-5-16(15)22-17(24)12-27-19-21-10-11-23(19)14-8-6-13(20)7-9-14/h2-11H,12H2,1H3,(H,22,24). The van der Waals surface area contributed by atoms with Gasteiger partial charge in [-0.1, -0.05) is 39.8 Å². The molecule has 0 unspecified atom stereocenters. The fourth-order valence-corrected chi connectivity index (χ4v) is 3.43. The summed E-state index contributed by atoms with van der Waals surface area (Å²) in [5.41, 5.74) is 1.69. The number of benzene rings is 2. The Bertz CT molecular complexity index is 957. The highest BCUT2D eigenvalue weighted by Gasteiger charge is 2.14. The van der Waals surface area contributed by atoms with Crippen LogP contribution in [0.5, 0.6) is 0 Å². The molecular formula is C19H16BrN3O3S. The molecule has 0 radical (unpaired) electrons. The van der Waals surface area contributed by atoms with Crippen molar-refractivity contribution in [2.45, 2.75) is 5.16 Å². The van der Waals surface area contributed by atoms with E-state index in [-0.39, 0.29) is 11.7 Å². The minimum atomic E-state index is -0.496. The number of thioether (sulfide) groups is 1. The zero-order valence-corrected chi connectivity index (χ0v) is 16.8. The number of carbonyl (C=O) groups excluding carboxylic acids is 2. The number of ether oxygens (including phenoxy) is 1. The van der Waals surface area contributed by atoms with E-state index in [0.717, 1.165) is 10.2 Å². The number of imidazole rings is 1. The summed E-state index contributed by atoms with van der Waals surface area (Å²) >= 11 is 4.73. The Balaban J connectivity index is 1.67. The Hall–Kier alpha value is -2.58. The summed E-state index contributed by atoms with van der Waals surface area (Å²) < 4.78 is 7.64. The second-order valence-corrected chi connectivity index (χ2v) is 7.29. The zero-order chi connectivity index (χ0) is 19.2. The average Bonchev–Trinajstić information content (AvgIpc) is 3.15. The summed E-state index contributed by atoms with van der Waals surface area (Å²) in [4.78, 5) is 28.4. The Labute approximate surface area is 169 Å². The van der Waals surface area contributed by atoms with Crippen LogP contribution in [0.2, 0.25) is 0 Å². The van der Waals surface area contributed by atoms with Crippen LogP contribution in [0, 0.1) is 0 Å². The van der Waals surface area contributed by atoms with Gasteiger partial charge in [-0.25, -0.2) is 9.78 Å². The van der Waals surface area contributed by atoms with Crippen molar-refractivity contribution < 1.29 is 14.3 Å². The van der Waals surface area contributed by atoms with E-state index in [1.165, 1.54) is 18.9 Å². The van der Waals surface area contributed by atoms with Gasteiger partial charge >= 0.3 is 5.97 Å². The number of aromatic nitrogens is 2. The Morgan fingerprint density at radius 3 is 2.67 bits per heavy atom. The lowest BCUT2D eigenvalue weighted by atomic mass is 10.2. The average molecular weight is 446 g/mol. The molecule has 0 aliphatic carbocycles. The van der Waals surface area contributed by atoms with Crippen LogP contribution in [0.1, 0.15) is 10.4 Å².